The SMILES string of the molecule is Cc1cc(OCCCCCOc2coc(COC3CCCCO3)cc2=O)c2cc(F)ccc2n1. The number of aryl methyl sites for hydroxylation is 1. The van der Waals surface area contributed by atoms with E-state index in [1.807, 2.05) is 13.0 Å². The van der Waals surface area contributed by atoms with E-state index in [1.54, 1.807) is 6.07 Å². The Kier molecular flexibility index (Phi) is 8.49. The molecule has 0 amide bonds. The number of halogens is 1. The van der Waals surface area contributed by atoms with Crippen molar-refractivity contribution in [3.05, 3.63) is 64.1 Å². The van der Waals surface area contributed by atoms with Gasteiger partial charge < -0.3 is 23.4 Å². The van der Waals surface area contributed by atoms with Crippen molar-refractivity contribution in [1.82, 2.24) is 4.98 Å². The Bertz CT molecular complexity index is 1140. The van der Waals surface area contributed by atoms with Gasteiger partial charge in [-0.25, -0.2) is 4.39 Å². The number of unbranched alkanes of at least 4 members (excludes halogenated alkanes) is 2. The van der Waals surface area contributed by atoms with Crippen LogP contribution < -0.4 is 14.9 Å². The van der Waals surface area contributed by atoms with Crippen molar-refractivity contribution < 1.29 is 27.8 Å². The van der Waals surface area contributed by atoms with Crippen molar-refractivity contribution in [1.29, 1.82) is 0 Å². The average Bonchev–Trinajstić information content (AvgIpc) is 2.84. The fourth-order valence-electron chi connectivity index (χ4n) is 3.79. The maximum atomic E-state index is 13.6. The van der Waals surface area contributed by atoms with E-state index < -0.39 is 0 Å². The Morgan fingerprint density at radius 2 is 1.88 bits per heavy atom. The average molecular weight is 472 g/mol. The smallest absolute Gasteiger partial charge is 0.227 e. The molecule has 8 heteroatoms. The quantitative estimate of drug-likeness (QED) is 0.351. The monoisotopic (exact) mass is 471 g/mol. The predicted octanol–water partition coefficient (Wildman–Crippen LogP) is 5.31. The van der Waals surface area contributed by atoms with E-state index >= 15 is 0 Å². The molecule has 1 fully saturated rings. The molecule has 7 nitrogen and oxygen atoms in total. The standard InChI is InChI=1S/C26H30FNO6/c1-18-13-24(21-14-19(27)8-9-22(21)28-18)30-10-4-2-5-11-31-25-17-33-20(15-23(25)29)16-34-26-7-3-6-12-32-26/h8-9,13-15,17,26H,2-7,10-12,16H2,1H3. The molecule has 34 heavy (non-hydrogen) atoms. The predicted molar refractivity (Wildman–Crippen MR) is 125 cm³/mol. The van der Waals surface area contributed by atoms with Gasteiger partial charge in [-0.15, -0.1) is 0 Å². The van der Waals surface area contributed by atoms with E-state index in [9.17, 15) is 9.18 Å². The van der Waals surface area contributed by atoms with Crippen LogP contribution in [-0.2, 0) is 16.1 Å². The summed E-state index contributed by atoms with van der Waals surface area (Å²) in [6, 6.07) is 7.71. The van der Waals surface area contributed by atoms with Gasteiger partial charge in [0.1, 0.15) is 30.2 Å². The van der Waals surface area contributed by atoms with E-state index in [0.717, 1.165) is 44.2 Å². The fraction of sp³-hybridized carbons (Fsp3) is 0.462. The van der Waals surface area contributed by atoms with Gasteiger partial charge in [0.15, 0.2) is 6.29 Å². The molecule has 4 rings (SSSR count). The minimum atomic E-state index is -0.316. The summed E-state index contributed by atoms with van der Waals surface area (Å²) in [6.45, 7) is 3.68. The summed E-state index contributed by atoms with van der Waals surface area (Å²) in [5, 5.41) is 0.667. The van der Waals surface area contributed by atoms with Gasteiger partial charge in [-0.1, -0.05) is 0 Å². The third kappa shape index (κ3) is 6.77. The highest BCUT2D eigenvalue weighted by molar-refractivity contribution is 5.85. The lowest BCUT2D eigenvalue weighted by atomic mass is 10.2. The second-order valence-electron chi connectivity index (χ2n) is 8.36. The molecule has 0 bridgehead atoms. The third-order valence-electron chi connectivity index (χ3n) is 5.57. The Morgan fingerprint density at radius 1 is 1.06 bits per heavy atom. The molecule has 1 atom stereocenters. The normalized spacial score (nSPS) is 16.0. The van der Waals surface area contributed by atoms with Crippen molar-refractivity contribution in [2.75, 3.05) is 19.8 Å². The minimum Gasteiger partial charge on any atom is -0.493 e. The van der Waals surface area contributed by atoms with Crippen molar-refractivity contribution in [2.45, 2.75) is 58.3 Å². The van der Waals surface area contributed by atoms with E-state index in [1.165, 1.54) is 24.5 Å². The molecule has 0 N–H and O–H groups in total. The van der Waals surface area contributed by atoms with Gasteiger partial charge in [0.2, 0.25) is 11.2 Å². The molecule has 3 aromatic rings. The maximum Gasteiger partial charge on any atom is 0.227 e. The lowest BCUT2D eigenvalue weighted by molar-refractivity contribution is -0.171. The molecule has 1 aliphatic heterocycles. The molecule has 182 valence electrons. The number of fused-ring (bicyclic) bond motifs is 1. The third-order valence-corrected chi connectivity index (χ3v) is 5.57. The first-order chi connectivity index (χ1) is 16.6. The summed E-state index contributed by atoms with van der Waals surface area (Å²) in [4.78, 5) is 16.7. The minimum absolute atomic E-state index is 0.190. The summed E-state index contributed by atoms with van der Waals surface area (Å²) in [5.41, 5.74) is 1.30. The Hall–Kier alpha value is -2.97. The molecule has 1 aliphatic rings. The Morgan fingerprint density at radius 3 is 2.65 bits per heavy atom. The highest BCUT2D eigenvalue weighted by Crippen LogP contribution is 2.26. The molecule has 0 aliphatic carbocycles. The molecule has 1 saturated heterocycles. The van der Waals surface area contributed by atoms with Crippen LogP contribution in [0.15, 0.2) is 45.8 Å². The molecule has 0 spiro atoms. The van der Waals surface area contributed by atoms with Gasteiger partial charge in [-0.3, -0.25) is 9.78 Å². The summed E-state index contributed by atoms with van der Waals surface area (Å²) in [7, 11) is 0. The molecular weight excluding hydrogens is 441 g/mol. The van der Waals surface area contributed by atoms with Gasteiger partial charge in [0.25, 0.3) is 0 Å². The number of hydrogen-bond donors (Lipinski definition) is 0. The number of aromatic nitrogens is 1. The summed E-state index contributed by atoms with van der Waals surface area (Å²) >= 11 is 0. The van der Waals surface area contributed by atoms with Crippen LogP contribution in [0.2, 0.25) is 0 Å². The molecule has 1 aromatic carbocycles. The van der Waals surface area contributed by atoms with Crippen LogP contribution in [0.3, 0.4) is 0 Å². The van der Waals surface area contributed by atoms with Gasteiger partial charge in [-0.05, 0) is 63.6 Å². The van der Waals surface area contributed by atoms with Crippen LogP contribution in [0.5, 0.6) is 11.5 Å². The summed E-state index contributed by atoms with van der Waals surface area (Å²) in [6.07, 6.45) is 6.50. The van der Waals surface area contributed by atoms with Gasteiger partial charge in [0.05, 0.1) is 18.7 Å². The first-order valence-corrected chi connectivity index (χ1v) is 11.8. The van der Waals surface area contributed by atoms with E-state index in [-0.39, 0.29) is 29.9 Å². The van der Waals surface area contributed by atoms with Crippen molar-refractivity contribution >= 4 is 10.9 Å². The highest BCUT2D eigenvalue weighted by atomic mass is 19.1. The molecule has 2 aromatic heterocycles. The number of hydrogen-bond acceptors (Lipinski definition) is 7. The largest absolute Gasteiger partial charge is 0.493 e. The number of benzene rings is 1. The fourth-order valence-corrected chi connectivity index (χ4v) is 3.79. The van der Waals surface area contributed by atoms with Crippen molar-refractivity contribution in [3.63, 3.8) is 0 Å². The highest BCUT2D eigenvalue weighted by Gasteiger charge is 2.15. The van der Waals surface area contributed by atoms with E-state index in [2.05, 4.69) is 4.98 Å². The zero-order chi connectivity index (χ0) is 23.8. The molecule has 3 heterocycles. The topological polar surface area (TPSA) is 80.0 Å². The lowest BCUT2D eigenvalue weighted by Gasteiger charge is -2.22. The number of pyridine rings is 1. The van der Waals surface area contributed by atoms with E-state index in [4.69, 9.17) is 23.4 Å². The molecule has 1 unspecified atom stereocenters. The van der Waals surface area contributed by atoms with Crippen LogP contribution in [-0.4, -0.2) is 31.1 Å². The van der Waals surface area contributed by atoms with Crippen LogP contribution >= 0.6 is 0 Å². The second-order valence-corrected chi connectivity index (χ2v) is 8.36. The Labute approximate surface area is 197 Å². The number of rotatable bonds is 11. The zero-order valence-electron chi connectivity index (χ0n) is 19.4. The van der Waals surface area contributed by atoms with Gasteiger partial charge in [-0.2, -0.15) is 0 Å². The summed E-state index contributed by atoms with van der Waals surface area (Å²) in [5.74, 6) is 0.954. The molecule has 0 saturated carbocycles. The molecular formula is C26H30FNO6. The lowest BCUT2D eigenvalue weighted by Crippen LogP contribution is -2.22. The van der Waals surface area contributed by atoms with Crippen LogP contribution in [0, 0.1) is 12.7 Å². The van der Waals surface area contributed by atoms with Crippen LogP contribution in [0.4, 0.5) is 4.39 Å². The summed E-state index contributed by atoms with van der Waals surface area (Å²) < 4.78 is 41.7. The van der Waals surface area contributed by atoms with Gasteiger partial charge in [0, 0.05) is 29.8 Å². The Balaban J connectivity index is 1.16. The maximum absolute atomic E-state index is 13.6. The van der Waals surface area contributed by atoms with Crippen molar-refractivity contribution in [2.24, 2.45) is 0 Å². The second kappa shape index (κ2) is 11.9. The van der Waals surface area contributed by atoms with Crippen molar-refractivity contribution in [3.8, 4) is 11.5 Å². The van der Waals surface area contributed by atoms with Gasteiger partial charge >= 0.3 is 0 Å². The first-order valence-electron chi connectivity index (χ1n) is 11.8. The zero-order valence-corrected chi connectivity index (χ0v) is 19.4. The van der Waals surface area contributed by atoms with E-state index in [0.29, 0.717) is 42.2 Å². The first kappa shape index (κ1) is 24.2. The number of nitrogens with zero attached hydrogens (tertiary/aromatic N) is 1. The number of ether oxygens (including phenoxy) is 4. The van der Waals surface area contributed by atoms with Crippen LogP contribution in [0.25, 0.3) is 10.9 Å². The molecule has 0 radical (unpaired) electrons. The van der Waals surface area contributed by atoms with Crippen LogP contribution in [0.1, 0.15) is 50.0 Å².